The fraction of sp³-hybridized carbons (Fsp3) is 0.364. The summed E-state index contributed by atoms with van der Waals surface area (Å²) in [6, 6.07) is 8.75. The Labute approximate surface area is 114 Å². The number of aliphatic hydroxyl groups is 1. The number of halogens is 4. The van der Waals surface area contributed by atoms with Crippen molar-refractivity contribution in [2.24, 2.45) is 0 Å². The zero-order valence-corrected chi connectivity index (χ0v) is 10.6. The largest absolute Gasteiger partial charge is 0.416 e. The molecule has 3 N–H and O–H groups in total. The Morgan fingerprint density at radius 2 is 1.84 bits per heavy atom. The van der Waals surface area contributed by atoms with Crippen molar-refractivity contribution < 1.29 is 23.1 Å². The van der Waals surface area contributed by atoms with Crippen molar-refractivity contribution in [3.05, 3.63) is 30.3 Å². The standard InChI is InChI=1S/C11H13F3N2O2.ClH/c12-11(13,14)9(17)6-16-10(18)7-15-8-4-2-1-3-5-8;/h1-5,9,15,17H,6-7H2,(H,16,18);1H. The summed E-state index contributed by atoms with van der Waals surface area (Å²) in [5, 5.41) is 13.4. The van der Waals surface area contributed by atoms with Crippen molar-refractivity contribution in [1.29, 1.82) is 0 Å². The van der Waals surface area contributed by atoms with E-state index in [0.717, 1.165) is 0 Å². The Kier molecular flexibility index (Phi) is 7.25. The van der Waals surface area contributed by atoms with E-state index in [1.165, 1.54) is 0 Å². The summed E-state index contributed by atoms with van der Waals surface area (Å²) < 4.78 is 35.8. The van der Waals surface area contributed by atoms with Gasteiger partial charge in [0, 0.05) is 5.69 Å². The highest BCUT2D eigenvalue weighted by Gasteiger charge is 2.38. The van der Waals surface area contributed by atoms with E-state index in [4.69, 9.17) is 5.11 Å². The van der Waals surface area contributed by atoms with E-state index in [9.17, 15) is 18.0 Å². The molecule has 0 spiro atoms. The molecular formula is C11H14ClF3N2O2. The van der Waals surface area contributed by atoms with Crippen LogP contribution < -0.4 is 10.6 Å². The molecule has 0 radical (unpaired) electrons. The van der Waals surface area contributed by atoms with E-state index in [-0.39, 0.29) is 19.0 Å². The highest BCUT2D eigenvalue weighted by molar-refractivity contribution is 5.85. The van der Waals surface area contributed by atoms with Gasteiger partial charge in [0.2, 0.25) is 5.91 Å². The topological polar surface area (TPSA) is 61.4 Å². The van der Waals surface area contributed by atoms with Crippen molar-refractivity contribution in [1.82, 2.24) is 5.32 Å². The summed E-state index contributed by atoms with van der Waals surface area (Å²) in [7, 11) is 0. The molecule has 0 bridgehead atoms. The van der Waals surface area contributed by atoms with Gasteiger partial charge in [-0.3, -0.25) is 4.79 Å². The minimum absolute atomic E-state index is 0. The molecule has 1 atom stereocenters. The van der Waals surface area contributed by atoms with Gasteiger partial charge in [-0.15, -0.1) is 12.4 Å². The molecule has 0 aliphatic heterocycles. The molecular weight excluding hydrogens is 285 g/mol. The number of carbonyl (C=O) groups is 1. The highest BCUT2D eigenvalue weighted by atomic mass is 35.5. The van der Waals surface area contributed by atoms with Gasteiger partial charge in [-0.2, -0.15) is 13.2 Å². The van der Waals surface area contributed by atoms with E-state index in [2.05, 4.69) is 5.32 Å². The third kappa shape index (κ3) is 6.88. The molecule has 0 fully saturated rings. The molecule has 8 heteroatoms. The lowest BCUT2D eigenvalue weighted by molar-refractivity contribution is -0.201. The Balaban J connectivity index is 0.00000324. The van der Waals surface area contributed by atoms with Crippen LogP contribution in [0.1, 0.15) is 0 Å². The molecule has 4 nitrogen and oxygen atoms in total. The molecule has 0 heterocycles. The fourth-order valence-corrected chi connectivity index (χ4v) is 1.13. The van der Waals surface area contributed by atoms with Crippen LogP contribution in [0.4, 0.5) is 18.9 Å². The van der Waals surface area contributed by atoms with Gasteiger partial charge in [0.15, 0.2) is 6.10 Å². The molecule has 0 saturated heterocycles. The van der Waals surface area contributed by atoms with E-state index in [1.54, 1.807) is 30.3 Å². The lowest BCUT2D eigenvalue weighted by Gasteiger charge is -2.15. The number of nitrogens with one attached hydrogen (secondary N) is 2. The molecule has 1 unspecified atom stereocenters. The minimum atomic E-state index is -4.72. The van der Waals surface area contributed by atoms with E-state index in [1.807, 2.05) is 5.32 Å². The summed E-state index contributed by atoms with van der Waals surface area (Å²) in [5.41, 5.74) is 0.684. The van der Waals surface area contributed by atoms with Crippen molar-refractivity contribution in [3.63, 3.8) is 0 Å². The van der Waals surface area contributed by atoms with Crippen LogP contribution in [-0.2, 0) is 4.79 Å². The average Bonchev–Trinajstić information content (AvgIpc) is 2.33. The number of benzene rings is 1. The van der Waals surface area contributed by atoms with Crippen molar-refractivity contribution in [3.8, 4) is 0 Å². The van der Waals surface area contributed by atoms with Gasteiger partial charge < -0.3 is 15.7 Å². The summed E-state index contributed by atoms with van der Waals surface area (Å²) in [6.07, 6.45) is -7.27. The smallest absolute Gasteiger partial charge is 0.382 e. The average molecular weight is 299 g/mol. The van der Waals surface area contributed by atoms with Crippen molar-refractivity contribution in [2.75, 3.05) is 18.4 Å². The van der Waals surface area contributed by atoms with Crippen LogP contribution >= 0.6 is 12.4 Å². The van der Waals surface area contributed by atoms with Gasteiger partial charge in [0.1, 0.15) is 0 Å². The van der Waals surface area contributed by atoms with Gasteiger partial charge in [-0.1, -0.05) is 18.2 Å². The molecule has 0 saturated carbocycles. The van der Waals surface area contributed by atoms with Crippen LogP contribution in [0, 0.1) is 0 Å². The number of amides is 1. The van der Waals surface area contributed by atoms with Gasteiger partial charge in [0.25, 0.3) is 0 Å². The maximum absolute atomic E-state index is 11.9. The zero-order chi connectivity index (χ0) is 13.6. The SMILES string of the molecule is Cl.O=C(CNc1ccccc1)NCC(O)C(F)(F)F. The van der Waals surface area contributed by atoms with Crippen LogP contribution in [0.2, 0.25) is 0 Å². The second-order valence-corrected chi connectivity index (χ2v) is 3.58. The van der Waals surface area contributed by atoms with Crippen LogP contribution in [-0.4, -0.2) is 36.4 Å². The number of rotatable bonds is 5. The van der Waals surface area contributed by atoms with E-state index in [0.29, 0.717) is 5.69 Å². The Hall–Kier alpha value is -1.47. The van der Waals surface area contributed by atoms with Crippen LogP contribution in [0.25, 0.3) is 0 Å². The fourth-order valence-electron chi connectivity index (χ4n) is 1.13. The maximum atomic E-state index is 11.9. The normalized spacial score (nSPS) is 12.2. The van der Waals surface area contributed by atoms with Gasteiger partial charge in [-0.05, 0) is 12.1 Å². The molecule has 19 heavy (non-hydrogen) atoms. The Morgan fingerprint density at radius 1 is 1.26 bits per heavy atom. The van der Waals surface area contributed by atoms with Crippen molar-refractivity contribution in [2.45, 2.75) is 12.3 Å². The van der Waals surface area contributed by atoms with Crippen LogP contribution in [0.5, 0.6) is 0 Å². The third-order valence-electron chi connectivity index (χ3n) is 2.10. The predicted molar refractivity (Wildman–Crippen MR) is 67.3 cm³/mol. The van der Waals surface area contributed by atoms with Gasteiger partial charge >= 0.3 is 6.18 Å². The van der Waals surface area contributed by atoms with Crippen molar-refractivity contribution >= 4 is 24.0 Å². The number of alkyl halides is 3. The molecule has 1 aromatic rings. The Bertz CT molecular complexity index is 387. The van der Waals surface area contributed by atoms with Crippen LogP contribution in [0.3, 0.4) is 0 Å². The number of hydrogen-bond acceptors (Lipinski definition) is 3. The molecule has 1 aromatic carbocycles. The Morgan fingerprint density at radius 3 is 2.37 bits per heavy atom. The first kappa shape index (κ1) is 17.5. The predicted octanol–water partition coefficient (Wildman–Crippen LogP) is 1.56. The first-order valence-electron chi connectivity index (χ1n) is 5.20. The summed E-state index contributed by atoms with van der Waals surface area (Å²) in [4.78, 5) is 11.2. The lowest BCUT2D eigenvalue weighted by atomic mass is 10.3. The highest BCUT2D eigenvalue weighted by Crippen LogP contribution is 2.19. The monoisotopic (exact) mass is 298 g/mol. The lowest BCUT2D eigenvalue weighted by Crippen LogP contribution is -2.42. The molecule has 0 aromatic heterocycles. The van der Waals surface area contributed by atoms with Gasteiger partial charge in [-0.25, -0.2) is 0 Å². The number of para-hydroxylation sites is 1. The van der Waals surface area contributed by atoms with Gasteiger partial charge in [0.05, 0.1) is 13.1 Å². The molecule has 0 aliphatic carbocycles. The number of hydrogen-bond donors (Lipinski definition) is 3. The number of aliphatic hydroxyl groups excluding tert-OH is 1. The first-order chi connectivity index (χ1) is 8.39. The number of anilines is 1. The molecule has 1 amide bonds. The first-order valence-corrected chi connectivity index (χ1v) is 5.20. The second-order valence-electron chi connectivity index (χ2n) is 3.58. The van der Waals surface area contributed by atoms with Crippen LogP contribution in [0.15, 0.2) is 30.3 Å². The number of carbonyl (C=O) groups excluding carboxylic acids is 1. The van der Waals surface area contributed by atoms with E-state index < -0.39 is 24.7 Å². The summed E-state index contributed by atoms with van der Waals surface area (Å²) in [6.45, 7) is -1.01. The molecule has 0 aliphatic rings. The molecule has 1 rings (SSSR count). The minimum Gasteiger partial charge on any atom is -0.382 e. The zero-order valence-electron chi connectivity index (χ0n) is 9.78. The summed E-state index contributed by atoms with van der Waals surface area (Å²) >= 11 is 0. The summed E-state index contributed by atoms with van der Waals surface area (Å²) in [5.74, 6) is -0.623. The maximum Gasteiger partial charge on any atom is 0.416 e. The third-order valence-corrected chi connectivity index (χ3v) is 2.10. The second kappa shape index (κ2) is 7.85. The quantitative estimate of drug-likeness (QED) is 0.773. The molecule has 108 valence electrons. The van der Waals surface area contributed by atoms with E-state index >= 15 is 0 Å².